The van der Waals surface area contributed by atoms with Crippen LogP contribution in [0.1, 0.15) is 22.7 Å². The van der Waals surface area contributed by atoms with Crippen LogP contribution in [0.25, 0.3) is 0 Å². The summed E-state index contributed by atoms with van der Waals surface area (Å²) in [4.78, 5) is 0. The molecule has 1 unspecified atom stereocenters. The number of nitrogens with one attached hydrogen (secondary N) is 1. The van der Waals surface area contributed by atoms with E-state index in [1.807, 2.05) is 7.05 Å². The van der Waals surface area contributed by atoms with Crippen molar-refractivity contribution >= 4 is 15.9 Å². The zero-order valence-electron chi connectivity index (χ0n) is 11.5. The van der Waals surface area contributed by atoms with Crippen molar-refractivity contribution in [3.63, 3.8) is 0 Å². The van der Waals surface area contributed by atoms with Crippen LogP contribution in [0.4, 0.5) is 0 Å². The summed E-state index contributed by atoms with van der Waals surface area (Å²) < 4.78 is 6.71. The molecule has 0 bridgehead atoms. The summed E-state index contributed by atoms with van der Waals surface area (Å²) in [7, 11) is 2.02. The SMILES string of the molecule is CNC(Cc1cccc(Br)c1)c1ccc2c(c1)CCO2. The first-order chi connectivity index (χ1) is 9.76. The average Bonchev–Trinajstić information content (AvgIpc) is 2.92. The van der Waals surface area contributed by atoms with Gasteiger partial charge in [0.2, 0.25) is 0 Å². The topological polar surface area (TPSA) is 21.3 Å². The number of halogens is 1. The van der Waals surface area contributed by atoms with Gasteiger partial charge in [-0.15, -0.1) is 0 Å². The van der Waals surface area contributed by atoms with Crippen LogP contribution in [0.3, 0.4) is 0 Å². The van der Waals surface area contributed by atoms with Crippen molar-refractivity contribution < 1.29 is 4.74 Å². The van der Waals surface area contributed by atoms with Crippen LogP contribution in [0.2, 0.25) is 0 Å². The minimum Gasteiger partial charge on any atom is -0.493 e. The van der Waals surface area contributed by atoms with Crippen molar-refractivity contribution in [2.24, 2.45) is 0 Å². The molecule has 1 atom stereocenters. The number of benzene rings is 2. The van der Waals surface area contributed by atoms with Gasteiger partial charge < -0.3 is 10.1 Å². The fraction of sp³-hybridized carbons (Fsp3) is 0.294. The molecular formula is C17H18BrNO. The molecule has 3 rings (SSSR count). The Morgan fingerprint density at radius 1 is 1.25 bits per heavy atom. The van der Waals surface area contributed by atoms with Gasteiger partial charge in [0.1, 0.15) is 5.75 Å². The van der Waals surface area contributed by atoms with E-state index in [1.165, 1.54) is 16.7 Å². The quantitative estimate of drug-likeness (QED) is 0.917. The van der Waals surface area contributed by atoms with E-state index in [0.717, 1.165) is 29.7 Å². The Balaban J connectivity index is 1.83. The van der Waals surface area contributed by atoms with Crippen molar-refractivity contribution in [3.8, 4) is 5.75 Å². The Labute approximate surface area is 128 Å². The van der Waals surface area contributed by atoms with E-state index in [2.05, 4.69) is 63.7 Å². The lowest BCUT2D eigenvalue weighted by molar-refractivity contribution is 0.356. The Morgan fingerprint density at radius 2 is 2.15 bits per heavy atom. The van der Waals surface area contributed by atoms with Gasteiger partial charge in [0.25, 0.3) is 0 Å². The highest BCUT2D eigenvalue weighted by Crippen LogP contribution is 2.29. The fourth-order valence-electron chi connectivity index (χ4n) is 2.71. The Hall–Kier alpha value is -1.32. The van der Waals surface area contributed by atoms with Crippen LogP contribution in [0.5, 0.6) is 5.75 Å². The lowest BCUT2D eigenvalue weighted by Gasteiger charge is -2.18. The summed E-state index contributed by atoms with van der Waals surface area (Å²) in [6, 6.07) is 15.4. The molecule has 1 N–H and O–H groups in total. The zero-order chi connectivity index (χ0) is 13.9. The van der Waals surface area contributed by atoms with E-state index < -0.39 is 0 Å². The molecule has 0 saturated heterocycles. The van der Waals surface area contributed by atoms with Crippen LogP contribution < -0.4 is 10.1 Å². The van der Waals surface area contributed by atoms with Gasteiger partial charge in [-0.1, -0.05) is 40.2 Å². The second kappa shape index (κ2) is 5.98. The summed E-state index contributed by atoms with van der Waals surface area (Å²) >= 11 is 3.53. The first-order valence-electron chi connectivity index (χ1n) is 6.93. The van der Waals surface area contributed by atoms with Gasteiger partial charge in [0, 0.05) is 16.9 Å². The van der Waals surface area contributed by atoms with E-state index >= 15 is 0 Å². The predicted molar refractivity (Wildman–Crippen MR) is 85.3 cm³/mol. The van der Waals surface area contributed by atoms with Crippen LogP contribution >= 0.6 is 15.9 Å². The Bertz CT molecular complexity index is 612. The molecule has 0 aromatic heterocycles. The van der Waals surface area contributed by atoms with Crippen LogP contribution in [0.15, 0.2) is 46.9 Å². The molecule has 20 heavy (non-hydrogen) atoms. The van der Waals surface area contributed by atoms with Crippen molar-refractivity contribution in [2.45, 2.75) is 18.9 Å². The lowest BCUT2D eigenvalue weighted by Crippen LogP contribution is -2.19. The molecule has 0 saturated carbocycles. The largest absolute Gasteiger partial charge is 0.493 e. The van der Waals surface area contributed by atoms with E-state index in [9.17, 15) is 0 Å². The molecule has 0 fully saturated rings. The van der Waals surface area contributed by atoms with E-state index in [-0.39, 0.29) is 0 Å². The van der Waals surface area contributed by atoms with Crippen molar-refractivity contribution in [3.05, 3.63) is 63.6 Å². The number of hydrogen-bond donors (Lipinski definition) is 1. The minimum atomic E-state index is 0.329. The summed E-state index contributed by atoms with van der Waals surface area (Å²) in [5, 5.41) is 3.42. The maximum absolute atomic E-state index is 5.57. The second-order valence-electron chi connectivity index (χ2n) is 5.14. The molecule has 3 heteroatoms. The van der Waals surface area contributed by atoms with Crippen LogP contribution in [-0.4, -0.2) is 13.7 Å². The molecule has 2 aromatic rings. The van der Waals surface area contributed by atoms with Gasteiger partial charge in [-0.05, 0) is 48.4 Å². The minimum absolute atomic E-state index is 0.329. The van der Waals surface area contributed by atoms with Gasteiger partial charge in [0.15, 0.2) is 0 Å². The zero-order valence-corrected chi connectivity index (χ0v) is 13.1. The Morgan fingerprint density at radius 3 is 2.95 bits per heavy atom. The van der Waals surface area contributed by atoms with Gasteiger partial charge >= 0.3 is 0 Å². The highest BCUT2D eigenvalue weighted by molar-refractivity contribution is 9.10. The van der Waals surface area contributed by atoms with Gasteiger partial charge in [-0.25, -0.2) is 0 Å². The number of fused-ring (bicyclic) bond motifs is 1. The van der Waals surface area contributed by atoms with Gasteiger partial charge in [-0.2, -0.15) is 0 Å². The Kier molecular flexibility index (Phi) is 4.08. The lowest BCUT2D eigenvalue weighted by atomic mass is 9.97. The molecule has 0 amide bonds. The average molecular weight is 332 g/mol. The normalized spacial score (nSPS) is 14.7. The molecular weight excluding hydrogens is 314 g/mol. The summed E-state index contributed by atoms with van der Waals surface area (Å²) in [6.45, 7) is 0.814. The maximum atomic E-state index is 5.57. The van der Waals surface area contributed by atoms with E-state index in [0.29, 0.717) is 6.04 Å². The smallest absolute Gasteiger partial charge is 0.122 e. The summed E-state index contributed by atoms with van der Waals surface area (Å²) in [5.41, 5.74) is 3.99. The van der Waals surface area contributed by atoms with Gasteiger partial charge in [0.05, 0.1) is 6.61 Å². The van der Waals surface area contributed by atoms with Crippen molar-refractivity contribution in [2.75, 3.05) is 13.7 Å². The summed E-state index contributed by atoms with van der Waals surface area (Å²) in [5.74, 6) is 1.05. The molecule has 104 valence electrons. The number of likely N-dealkylation sites (N-methyl/N-ethyl adjacent to an activating group) is 1. The number of ether oxygens (including phenoxy) is 1. The van der Waals surface area contributed by atoms with Crippen molar-refractivity contribution in [1.82, 2.24) is 5.32 Å². The standard InChI is InChI=1S/C17H18BrNO/c1-19-16(10-12-3-2-4-15(18)9-12)13-5-6-17-14(11-13)7-8-20-17/h2-6,9,11,16,19H,7-8,10H2,1H3. The number of rotatable bonds is 4. The highest BCUT2D eigenvalue weighted by atomic mass is 79.9. The predicted octanol–water partition coefficient (Wildman–Crippen LogP) is 3.89. The summed E-state index contributed by atoms with van der Waals surface area (Å²) in [6.07, 6.45) is 2.01. The molecule has 1 heterocycles. The van der Waals surface area contributed by atoms with Gasteiger partial charge in [-0.3, -0.25) is 0 Å². The molecule has 0 radical (unpaired) electrons. The molecule has 2 nitrogen and oxygen atoms in total. The van der Waals surface area contributed by atoms with Crippen LogP contribution in [0, 0.1) is 0 Å². The number of hydrogen-bond acceptors (Lipinski definition) is 2. The van der Waals surface area contributed by atoms with Crippen LogP contribution in [-0.2, 0) is 12.8 Å². The first-order valence-corrected chi connectivity index (χ1v) is 7.73. The maximum Gasteiger partial charge on any atom is 0.122 e. The highest BCUT2D eigenvalue weighted by Gasteiger charge is 2.16. The third-order valence-electron chi connectivity index (χ3n) is 3.79. The molecule has 2 aromatic carbocycles. The van der Waals surface area contributed by atoms with E-state index in [1.54, 1.807) is 0 Å². The van der Waals surface area contributed by atoms with E-state index in [4.69, 9.17) is 4.74 Å². The first kappa shape index (κ1) is 13.7. The fourth-order valence-corrected chi connectivity index (χ4v) is 3.16. The molecule has 0 spiro atoms. The molecule has 1 aliphatic rings. The third-order valence-corrected chi connectivity index (χ3v) is 4.29. The molecule has 1 aliphatic heterocycles. The van der Waals surface area contributed by atoms with Crippen molar-refractivity contribution in [1.29, 1.82) is 0 Å². The second-order valence-corrected chi connectivity index (χ2v) is 6.06. The molecule has 0 aliphatic carbocycles. The third kappa shape index (κ3) is 2.89. The monoisotopic (exact) mass is 331 g/mol.